The van der Waals surface area contributed by atoms with Gasteiger partial charge in [0.1, 0.15) is 11.3 Å². The number of nitrogens with one attached hydrogen (secondary N) is 1. The predicted molar refractivity (Wildman–Crippen MR) is 121 cm³/mol. The monoisotopic (exact) mass is 380 g/mol. The van der Waals surface area contributed by atoms with Crippen molar-refractivity contribution in [3.8, 4) is 0 Å². The maximum Gasteiger partial charge on any atom is 0.117 e. The number of amidine groups is 1. The number of hydrogen-bond donors (Lipinski definition) is 1. The van der Waals surface area contributed by atoms with Gasteiger partial charge in [0.2, 0.25) is 0 Å². The normalized spacial score (nSPS) is 21.7. The van der Waals surface area contributed by atoms with Gasteiger partial charge in [-0.1, -0.05) is 72.8 Å². The van der Waals surface area contributed by atoms with E-state index in [9.17, 15) is 0 Å². The molecule has 2 nitrogen and oxygen atoms in total. The van der Waals surface area contributed by atoms with E-state index in [1.807, 2.05) is 0 Å². The molecule has 0 aromatic heterocycles. The molecule has 0 saturated heterocycles. The van der Waals surface area contributed by atoms with Gasteiger partial charge in [0.15, 0.2) is 0 Å². The van der Waals surface area contributed by atoms with Crippen LogP contribution in [0.15, 0.2) is 77.8 Å². The summed E-state index contributed by atoms with van der Waals surface area (Å²) in [5, 5.41) is 3.77. The summed E-state index contributed by atoms with van der Waals surface area (Å²) in [6.07, 6.45) is 0. The highest BCUT2D eigenvalue weighted by molar-refractivity contribution is 6.04. The Morgan fingerprint density at radius 1 is 0.724 bits per heavy atom. The van der Waals surface area contributed by atoms with Crippen LogP contribution in [0.2, 0.25) is 0 Å². The van der Waals surface area contributed by atoms with Crippen molar-refractivity contribution in [2.75, 3.05) is 0 Å². The van der Waals surface area contributed by atoms with E-state index in [4.69, 9.17) is 4.99 Å². The van der Waals surface area contributed by atoms with Crippen LogP contribution in [-0.2, 0) is 5.41 Å². The first-order valence-corrected chi connectivity index (χ1v) is 10.7. The van der Waals surface area contributed by atoms with E-state index in [1.165, 1.54) is 33.4 Å². The Labute approximate surface area is 173 Å². The minimum atomic E-state index is -0.396. The van der Waals surface area contributed by atoms with Crippen LogP contribution in [0.3, 0.4) is 0 Å². The van der Waals surface area contributed by atoms with E-state index in [0.717, 1.165) is 5.84 Å². The number of rotatable bonds is 3. The molecule has 0 saturated carbocycles. The van der Waals surface area contributed by atoms with Gasteiger partial charge >= 0.3 is 0 Å². The van der Waals surface area contributed by atoms with Crippen LogP contribution in [0.25, 0.3) is 0 Å². The van der Waals surface area contributed by atoms with Crippen LogP contribution < -0.4 is 5.32 Å². The fraction of sp³-hybridized carbons (Fsp3) is 0.296. The van der Waals surface area contributed by atoms with Crippen molar-refractivity contribution >= 4 is 5.84 Å². The molecule has 3 aromatic rings. The van der Waals surface area contributed by atoms with Gasteiger partial charge in [-0.15, -0.1) is 0 Å². The average Bonchev–Trinajstić information content (AvgIpc) is 2.72. The summed E-state index contributed by atoms with van der Waals surface area (Å²) in [5.74, 6) is 1.35. The van der Waals surface area contributed by atoms with Gasteiger partial charge in [-0.25, -0.2) is 0 Å². The second-order valence-corrected chi connectivity index (χ2v) is 8.82. The molecule has 3 aliphatic carbocycles. The molecule has 0 spiro atoms. The van der Waals surface area contributed by atoms with Crippen molar-refractivity contribution in [2.45, 2.75) is 51.1 Å². The molecular formula is C27H28N2. The number of nitrogens with zero attached hydrogens (tertiary/aromatic N) is 1. The van der Waals surface area contributed by atoms with Crippen molar-refractivity contribution in [3.63, 3.8) is 0 Å². The van der Waals surface area contributed by atoms with Crippen molar-refractivity contribution in [2.24, 2.45) is 4.99 Å². The number of aliphatic imine (C=N–C) groups is 1. The molecule has 2 bridgehead atoms. The van der Waals surface area contributed by atoms with Gasteiger partial charge in [-0.05, 0) is 61.1 Å². The maximum absolute atomic E-state index is 5.21. The van der Waals surface area contributed by atoms with Crippen LogP contribution in [-0.4, -0.2) is 17.9 Å². The Balaban J connectivity index is 1.96. The largest absolute Gasteiger partial charge is 0.370 e. The van der Waals surface area contributed by atoms with Gasteiger partial charge in [0.25, 0.3) is 0 Å². The molecule has 0 unspecified atom stereocenters. The highest BCUT2D eigenvalue weighted by Gasteiger charge is 2.54. The quantitative estimate of drug-likeness (QED) is 0.462. The van der Waals surface area contributed by atoms with Gasteiger partial charge in [-0.3, -0.25) is 4.99 Å². The summed E-state index contributed by atoms with van der Waals surface area (Å²) in [6.45, 7) is 8.73. The molecule has 0 fully saturated rings. The molecule has 29 heavy (non-hydrogen) atoms. The molecule has 0 heterocycles. The first-order valence-electron chi connectivity index (χ1n) is 10.7. The van der Waals surface area contributed by atoms with Crippen LogP contribution in [0.5, 0.6) is 0 Å². The van der Waals surface area contributed by atoms with Crippen LogP contribution in [0, 0.1) is 0 Å². The van der Waals surface area contributed by atoms with Crippen molar-refractivity contribution in [1.29, 1.82) is 0 Å². The van der Waals surface area contributed by atoms with Crippen LogP contribution in [0.1, 0.15) is 67.0 Å². The zero-order valence-corrected chi connectivity index (χ0v) is 17.6. The van der Waals surface area contributed by atoms with E-state index in [0.29, 0.717) is 12.0 Å². The number of hydrogen-bond acceptors (Lipinski definition) is 1. The highest BCUT2D eigenvalue weighted by Crippen LogP contribution is 2.59. The van der Waals surface area contributed by atoms with Gasteiger partial charge < -0.3 is 5.32 Å². The Kier molecular flexibility index (Phi) is 4.13. The van der Waals surface area contributed by atoms with E-state index >= 15 is 0 Å². The molecule has 3 aliphatic rings. The third kappa shape index (κ3) is 2.45. The van der Waals surface area contributed by atoms with E-state index in [2.05, 4.69) is 106 Å². The lowest BCUT2D eigenvalue weighted by molar-refractivity contribution is 0.618. The third-order valence-corrected chi connectivity index (χ3v) is 6.20. The van der Waals surface area contributed by atoms with E-state index in [1.54, 1.807) is 0 Å². The molecule has 1 N–H and O–H groups in total. The second-order valence-electron chi connectivity index (χ2n) is 8.82. The molecule has 6 rings (SSSR count). The predicted octanol–water partition coefficient (Wildman–Crippen LogP) is 5.63. The van der Waals surface area contributed by atoms with E-state index < -0.39 is 5.41 Å². The van der Waals surface area contributed by atoms with Crippen molar-refractivity contribution < 1.29 is 0 Å². The fourth-order valence-electron chi connectivity index (χ4n) is 5.37. The lowest BCUT2D eigenvalue weighted by atomic mass is 9.52. The molecule has 3 aromatic carbocycles. The van der Waals surface area contributed by atoms with Crippen molar-refractivity contribution in [3.05, 3.63) is 106 Å². The van der Waals surface area contributed by atoms with E-state index in [-0.39, 0.29) is 6.04 Å². The first kappa shape index (κ1) is 18.2. The minimum Gasteiger partial charge on any atom is -0.370 e. The molecule has 0 atom stereocenters. The Bertz CT molecular complexity index is 991. The molecule has 0 aliphatic heterocycles. The second kappa shape index (κ2) is 6.59. The first-order chi connectivity index (χ1) is 14.0. The molecule has 146 valence electrons. The third-order valence-electron chi connectivity index (χ3n) is 6.20. The summed E-state index contributed by atoms with van der Waals surface area (Å²) in [6, 6.07) is 27.4. The molecule has 2 heteroatoms. The van der Waals surface area contributed by atoms with Gasteiger partial charge in [0.05, 0.1) is 0 Å². The summed E-state index contributed by atoms with van der Waals surface area (Å²) in [4.78, 5) is 5.21. The van der Waals surface area contributed by atoms with Gasteiger partial charge in [-0.2, -0.15) is 0 Å². The lowest BCUT2D eigenvalue weighted by Crippen LogP contribution is -2.54. The molecule has 0 amide bonds. The summed E-state index contributed by atoms with van der Waals surface area (Å²) in [7, 11) is 0. The Hall–Kier alpha value is -2.87. The SMILES string of the molecule is CC(C)N=C(NC(C)C)C12c3ccccc3C(c3ccccc31)c1ccccc12. The highest BCUT2D eigenvalue weighted by atomic mass is 15.0. The van der Waals surface area contributed by atoms with Gasteiger partial charge in [0, 0.05) is 18.0 Å². The summed E-state index contributed by atoms with van der Waals surface area (Å²) >= 11 is 0. The zero-order chi connectivity index (χ0) is 20.2. The number of benzene rings is 3. The van der Waals surface area contributed by atoms with Crippen LogP contribution >= 0.6 is 0 Å². The summed E-state index contributed by atoms with van der Waals surface area (Å²) in [5.41, 5.74) is 7.94. The maximum atomic E-state index is 5.21. The smallest absolute Gasteiger partial charge is 0.117 e. The standard InChI is InChI=1S/C27H28N2/c1-17(2)28-26(29-18(3)4)27-22-14-8-5-11-19(22)25(20-12-6-9-15-23(20)27)21-13-7-10-16-24(21)27/h5-18,25H,1-4H3,(H,28,29). The Morgan fingerprint density at radius 2 is 1.14 bits per heavy atom. The van der Waals surface area contributed by atoms with Crippen molar-refractivity contribution in [1.82, 2.24) is 5.32 Å². The molecule has 0 radical (unpaired) electrons. The minimum absolute atomic E-state index is 0.205. The fourth-order valence-corrected chi connectivity index (χ4v) is 5.37. The average molecular weight is 381 g/mol. The lowest BCUT2D eigenvalue weighted by Gasteiger charge is -2.51. The Morgan fingerprint density at radius 3 is 1.52 bits per heavy atom. The van der Waals surface area contributed by atoms with Crippen LogP contribution in [0.4, 0.5) is 0 Å². The zero-order valence-electron chi connectivity index (χ0n) is 17.6. The topological polar surface area (TPSA) is 24.4 Å². The summed E-state index contributed by atoms with van der Waals surface area (Å²) < 4.78 is 0. The molecular weight excluding hydrogens is 352 g/mol.